The first kappa shape index (κ1) is 12.3. The van der Waals surface area contributed by atoms with Crippen molar-refractivity contribution < 1.29 is 29.0 Å². The van der Waals surface area contributed by atoms with Crippen LogP contribution in [0.3, 0.4) is 0 Å². The molecule has 0 aromatic rings. The van der Waals surface area contributed by atoms with Crippen molar-refractivity contribution in [3.8, 4) is 0 Å². The van der Waals surface area contributed by atoms with Crippen molar-refractivity contribution in [3.05, 3.63) is 0 Å². The minimum atomic E-state index is -1.23. The van der Waals surface area contributed by atoms with Crippen LogP contribution in [0.15, 0.2) is 0 Å². The second-order valence-electron chi connectivity index (χ2n) is 3.44. The van der Waals surface area contributed by atoms with E-state index in [1.807, 2.05) is 0 Å². The molecule has 0 saturated carbocycles. The molecule has 0 radical (unpaired) electrons. The number of hydrogen-bond acceptors (Lipinski definition) is 5. The molecule has 90 valence electrons. The normalized spacial score (nSPS) is 24.0. The topological polar surface area (TPSA) is 93.1 Å². The number of likely N-dealkylation sites (tertiary alicyclic amines) is 1. The standard InChI is InChI=1S/C9H13NO6/c1-5(11)16-6-3-7(8(12)15-2)10(4-6)9(13)14/h6-7H,3-4H2,1-2H3,(H,13,14)/t6-,7-/m0/s1. The molecule has 1 fully saturated rings. The van der Waals surface area contributed by atoms with Crippen molar-refractivity contribution in [1.82, 2.24) is 4.90 Å². The van der Waals surface area contributed by atoms with E-state index >= 15 is 0 Å². The number of rotatable bonds is 2. The fraction of sp³-hybridized carbons (Fsp3) is 0.667. The van der Waals surface area contributed by atoms with Crippen molar-refractivity contribution in [2.24, 2.45) is 0 Å². The Kier molecular flexibility index (Phi) is 3.70. The molecule has 7 heteroatoms. The molecule has 1 rings (SSSR count). The molecule has 1 heterocycles. The lowest BCUT2D eigenvalue weighted by atomic mass is 10.2. The van der Waals surface area contributed by atoms with E-state index in [-0.39, 0.29) is 13.0 Å². The van der Waals surface area contributed by atoms with Crippen LogP contribution < -0.4 is 0 Å². The van der Waals surface area contributed by atoms with Gasteiger partial charge in [-0.05, 0) is 0 Å². The van der Waals surface area contributed by atoms with Gasteiger partial charge in [0.05, 0.1) is 13.7 Å². The van der Waals surface area contributed by atoms with E-state index in [1.165, 1.54) is 14.0 Å². The van der Waals surface area contributed by atoms with E-state index in [0.717, 1.165) is 4.90 Å². The highest BCUT2D eigenvalue weighted by Crippen LogP contribution is 2.21. The van der Waals surface area contributed by atoms with Gasteiger partial charge in [-0.15, -0.1) is 0 Å². The number of esters is 2. The molecule has 1 N–H and O–H groups in total. The predicted octanol–water partition coefficient (Wildman–Crippen LogP) is -0.157. The summed E-state index contributed by atoms with van der Waals surface area (Å²) >= 11 is 0. The van der Waals surface area contributed by atoms with Gasteiger partial charge < -0.3 is 14.6 Å². The Morgan fingerprint density at radius 1 is 1.38 bits per heavy atom. The predicted molar refractivity (Wildman–Crippen MR) is 50.7 cm³/mol. The first-order valence-corrected chi connectivity index (χ1v) is 4.70. The van der Waals surface area contributed by atoms with E-state index < -0.39 is 30.2 Å². The maximum atomic E-state index is 11.3. The molecule has 0 aromatic heterocycles. The van der Waals surface area contributed by atoms with Crippen molar-refractivity contribution in [3.63, 3.8) is 0 Å². The highest BCUT2D eigenvalue weighted by molar-refractivity contribution is 5.81. The number of nitrogens with zero attached hydrogens (tertiary/aromatic N) is 1. The maximum absolute atomic E-state index is 11.3. The summed E-state index contributed by atoms with van der Waals surface area (Å²) in [5.74, 6) is -1.14. The summed E-state index contributed by atoms with van der Waals surface area (Å²) in [6.07, 6.45) is -1.68. The SMILES string of the molecule is COC(=O)[C@@H]1C[C@H](OC(C)=O)CN1C(=O)O. The zero-order valence-corrected chi connectivity index (χ0v) is 9.00. The summed E-state index contributed by atoms with van der Waals surface area (Å²) in [5.41, 5.74) is 0. The van der Waals surface area contributed by atoms with Gasteiger partial charge in [-0.1, -0.05) is 0 Å². The molecule has 0 unspecified atom stereocenters. The summed E-state index contributed by atoms with van der Waals surface area (Å²) in [5, 5.41) is 8.86. The first-order valence-electron chi connectivity index (χ1n) is 4.70. The molecule has 1 amide bonds. The van der Waals surface area contributed by atoms with Gasteiger partial charge in [-0.2, -0.15) is 0 Å². The Hall–Kier alpha value is -1.79. The largest absolute Gasteiger partial charge is 0.467 e. The average molecular weight is 231 g/mol. The minimum Gasteiger partial charge on any atom is -0.467 e. The van der Waals surface area contributed by atoms with E-state index in [9.17, 15) is 14.4 Å². The molecule has 1 saturated heterocycles. The third-order valence-electron chi connectivity index (χ3n) is 2.31. The first-order chi connectivity index (χ1) is 7.45. The smallest absolute Gasteiger partial charge is 0.408 e. The zero-order valence-electron chi connectivity index (χ0n) is 9.00. The molecular formula is C9H13NO6. The van der Waals surface area contributed by atoms with Crippen LogP contribution in [-0.2, 0) is 19.1 Å². The molecule has 7 nitrogen and oxygen atoms in total. The van der Waals surface area contributed by atoms with Gasteiger partial charge in [0.1, 0.15) is 12.1 Å². The van der Waals surface area contributed by atoms with Crippen LogP contribution in [0, 0.1) is 0 Å². The summed E-state index contributed by atoms with van der Waals surface area (Å²) in [4.78, 5) is 33.8. The average Bonchev–Trinajstić information content (AvgIpc) is 2.59. The van der Waals surface area contributed by atoms with Crippen molar-refractivity contribution in [1.29, 1.82) is 0 Å². The highest BCUT2D eigenvalue weighted by Gasteiger charge is 2.41. The lowest BCUT2D eigenvalue weighted by Crippen LogP contribution is -2.40. The van der Waals surface area contributed by atoms with Gasteiger partial charge in [0.25, 0.3) is 0 Å². The Morgan fingerprint density at radius 3 is 2.44 bits per heavy atom. The number of methoxy groups -OCH3 is 1. The molecule has 0 bridgehead atoms. The summed E-state index contributed by atoms with van der Waals surface area (Å²) in [7, 11) is 1.18. The van der Waals surface area contributed by atoms with Crippen molar-refractivity contribution in [2.75, 3.05) is 13.7 Å². The zero-order chi connectivity index (χ0) is 12.3. The lowest BCUT2D eigenvalue weighted by Gasteiger charge is -2.17. The molecule has 0 aliphatic carbocycles. The van der Waals surface area contributed by atoms with Gasteiger partial charge in [0.15, 0.2) is 0 Å². The number of ether oxygens (including phenoxy) is 2. The number of carbonyl (C=O) groups excluding carboxylic acids is 2. The van der Waals surface area contributed by atoms with Crippen LogP contribution in [0.4, 0.5) is 4.79 Å². The molecule has 0 spiro atoms. The van der Waals surface area contributed by atoms with Gasteiger partial charge in [-0.25, -0.2) is 9.59 Å². The summed E-state index contributed by atoms with van der Waals surface area (Å²) in [6, 6.07) is -0.896. The van der Waals surface area contributed by atoms with Crippen LogP contribution in [-0.4, -0.2) is 53.8 Å². The molecule has 1 aliphatic rings. The van der Waals surface area contributed by atoms with Gasteiger partial charge in [0.2, 0.25) is 0 Å². The van der Waals surface area contributed by atoms with Crippen LogP contribution in [0.5, 0.6) is 0 Å². The van der Waals surface area contributed by atoms with Crippen LogP contribution in [0.25, 0.3) is 0 Å². The van der Waals surface area contributed by atoms with Gasteiger partial charge in [-0.3, -0.25) is 9.69 Å². The molecule has 2 atom stereocenters. The molecule has 0 aromatic carbocycles. The van der Waals surface area contributed by atoms with Crippen LogP contribution in [0.1, 0.15) is 13.3 Å². The minimum absolute atomic E-state index is 0.00528. The second-order valence-corrected chi connectivity index (χ2v) is 3.44. The van der Waals surface area contributed by atoms with Crippen LogP contribution >= 0.6 is 0 Å². The van der Waals surface area contributed by atoms with Gasteiger partial charge in [0, 0.05) is 13.3 Å². The van der Waals surface area contributed by atoms with Crippen molar-refractivity contribution in [2.45, 2.75) is 25.5 Å². The summed E-state index contributed by atoms with van der Waals surface area (Å²) < 4.78 is 9.35. The van der Waals surface area contributed by atoms with E-state index in [4.69, 9.17) is 9.84 Å². The number of amides is 1. The van der Waals surface area contributed by atoms with Crippen LogP contribution in [0.2, 0.25) is 0 Å². The quantitative estimate of drug-likeness (QED) is 0.664. The van der Waals surface area contributed by atoms with E-state index in [0.29, 0.717) is 0 Å². The third-order valence-corrected chi connectivity index (χ3v) is 2.31. The Bertz CT molecular complexity index is 315. The third kappa shape index (κ3) is 2.62. The Balaban J connectivity index is 2.71. The fourth-order valence-corrected chi connectivity index (χ4v) is 1.69. The Labute approximate surface area is 91.9 Å². The number of carboxylic acid groups (broad SMARTS) is 1. The van der Waals surface area contributed by atoms with E-state index in [2.05, 4.69) is 4.74 Å². The molecular weight excluding hydrogens is 218 g/mol. The van der Waals surface area contributed by atoms with E-state index in [1.54, 1.807) is 0 Å². The number of carbonyl (C=O) groups is 3. The lowest BCUT2D eigenvalue weighted by molar-refractivity contribution is -0.147. The molecule has 16 heavy (non-hydrogen) atoms. The Morgan fingerprint density at radius 2 is 2.00 bits per heavy atom. The fourth-order valence-electron chi connectivity index (χ4n) is 1.69. The summed E-state index contributed by atoms with van der Waals surface area (Å²) in [6.45, 7) is 1.23. The monoisotopic (exact) mass is 231 g/mol. The highest BCUT2D eigenvalue weighted by atomic mass is 16.5. The van der Waals surface area contributed by atoms with Crippen molar-refractivity contribution >= 4 is 18.0 Å². The number of hydrogen-bond donors (Lipinski definition) is 1. The second kappa shape index (κ2) is 4.82. The molecule has 1 aliphatic heterocycles. The van der Waals surface area contributed by atoms with Gasteiger partial charge >= 0.3 is 18.0 Å². The maximum Gasteiger partial charge on any atom is 0.408 e.